The Labute approximate surface area is 129 Å². The highest BCUT2D eigenvalue weighted by Gasteiger charge is 2.23. The quantitative estimate of drug-likeness (QED) is 0.784. The molecule has 0 spiro atoms. The van der Waals surface area contributed by atoms with Crippen molar-refractivity contribution in [1.29, 1.82) is 0 Å². The van der Waals surface area contributed by atoms with Gasteiger partial charge in [-0.15, -0.1) is 0 Å². The number of hydrogen-bond donors (Lipinski definition) is 1. The zero-order valence-electron chi connectivity index (χ0n) is 14.1. The molecule has 0 radical (unpaired) electrons. The number of anilines is 1. The van der Waals surface area contributed by atoms with Crippen molar-refractivity contribution in [3.63, 3.8) is 0 Å². The summed E-state index contributed by atoms with van der Waals surface area (Å²) in [4.78, 5) is 11.8. The van der Waals surface area contributed by atoms with Gasteiger partial charge in [-0.3, -0.25) is 0 Å². The molecule has 1 N–H and O–H groups in total. The van der Waals surface area contributed by atoms with Crippen molar-refractivity contribution in [3.8, 4) is 0 Å². The van der Waals surface area contributed by atoms with Gasteiger partial charge < -0.3 is 10.2 Å². The third kappa shape index (κ3) is 3.94. The van der Waals surface area contributed by atoms with E-state index in [1.807, 2.05) is 0 Å². The smallest absolute Gasteiger partial charge is 0.225 e. The van der Waals surface area contributed by atoms with Gasteiger partial charge in [0.15, 0.2) is 0 Å². The number of aryl methyl sites for hydroxylation is 2. The maximum absolute atomic E-state index is 4.84. The minimum atomic E-state index is 0.741. The van der Waals surface area contributed by atoms with Crippen molar-refractivity contribution in [1.82, 2.24) is 15.3 Å². The van der Waals surface area contributed by atoms with Crippen LogP contribution in [-0.2, 0) is 12.8 Å². The van der Waals surface area contributed by atoms with Gasteiger partial charge in [0, 0.05) is 24.5 Å². The van der Waals surface area contributed by atoms with Gasteiger partial charge in [0.2, 0.25) is 5.95 Å². The first kappa shape index (κ1) is 16.2. The Morgan fingerprint density at radius 2 is 1.95 bits per heavy atom. The maximum atomic E-state index is 4.84. The summed E-state index contributed by atoms with van der Waals surface area (Å²) in [6.07, 6.45) is 4.69. The molecule has 1 heterocycles. The lowest BCUT2D eigenvalue weighted by atomic mass is 9.86. The molecule has 2 rings (SSSR count). The van der Waals surface area contributed by atoms with Crippen LogP contribution in [0.15, 0.2) is 0 Å². The number of hydrogen-bond acceptors (Lipinski definition) is 4. The fourth-order valence-electron chi connectivity index (χ4n) is 3.15. The second-order valence-electron chi connectivity index (χ2n) is 6.02. The van der Waals surface area contributed by atoms with Gasteiger partial charge in [-0.25, -0.2) is 9.97 Å². The number of aromatic nitrogens is 2. The van der Waals surface area contributed by atoms with Crippen LogP contribution in [0.3, 0.4) is 0 Å². The van der Waals surface area contributed by atoms with Gasteiger partial charge >= 0.3 is 0 Å². The first-order valence-electron chi connectivity index (χ1n) is 8.51. The molecule has 0 aliphatic heterocycles. The summed E-state index contributed by atoms with van der Waals surface area (Å²) < 4.78 is 0. The molecule has 1 aliphatic carbocycles. The SMILES string of the molecule is CCCNCC1CCc2nc(N(CC)CC)nc(C)c2C1. The van der Waals surface area contributed by atoms with E-state index >= 15 is 0 Å². The van der Waals surface area contributed by atoms with E-state index in [-0.39, 0.29) is 0 Å². The van der Waals surface area contributed by atoms with Gasteiger partial charge in [-0.2, -0.15) is 0 Å². The third-order valence-corrected chi connectivity index (χ3v) is 4.48. The Balaban J connectivity index is 2.11. The van der Waals surface area contributed by atoms with Crippen LogP contribution >= 0.6 is 0 Å². The number of fused-ring (bicyclic) bond motifs is 1. The van der Waals surface area contributed by atoms with Gasteiger partial charge in [0.1, 0.15) is 0 Å². The number of nitrogens with zero attached hydrogens (tertiary/aromatic N) is 3. The summed E-state index contributed by atoms with van der Waals surface area (Å²) in [5, 5.41) is 3.55. The van der Waals surface area contributed by atoms with E-state index in [0.29, 0.717) is 0 Å². The Hall–Kier alpha value is -1.16. The second-order valence-corrected chi connectivity index (χ2v) is 6.02. The zero-order chi connectivity index (χ0) is 15.2. The lowest BCUT2D eigenvalue weighted by Crippen LogP contribution is -2.30. The number of rotatable bonds is 7. The Bertz CT molecular complexity index is 454. The van der Waals surface area contributed by atoms with E-state index in [4.69, 9.17) is 9.97 Å². The summed E-state index contributed by atoms with van der Waals surface area (Å²) in [5.74, 6) is 1.66. The normalized spacial score (nSPS) is 17.6. The fourth-order valence-corrected chi connectivity index (χ4v) is 3.15. The summed E-state index contributed by atoms with van der Waals surface area (Å²) in [6.45, 7) is 12.9. The zero-order valence-corrected chi connectivity index (χ0v) is 14.1. The van der Waals surface area contributed by atoms with Gasteiger partial charge in [0.25, 0.3) is 0 Å². The van der Waals surface area contributed by atoms with Crippen LogP contribution in [0.2, 0.25) is 0 Å². The van der Waals surface area contributed by atoms with Gasteiger partial charge in [-0.05, 0) is 71.0 Å². The van der Waals surface area contributed by atoms with Crippen LogP contribution in [0.5, 0.6) is 0 Å². The fraction of sp³-hybridized carbons (Fsp3) is 0.765. The average Bonchev–Trinajstić information content (AvgIpc) is 2.49. The summed E-state index contributed by atoms with van der Waals surface area (Å²) in [5.41, 5.74) is 3.87. The van der Waals surface area contributed by atoms with Crippen LogP contribution < -0.4 is 10.2 Å². The molecule has 0 aromatic carbocycles. The lowest BCUT2D eigenvalue weighted by molar-refractivity contribution is 0.418. The molecular formula is C17H30N4. The summed E-state index contributed by atoms with van der Waals surface area (Å²) >= 11 is 0. The largest absolute Gasteiger partial charge is 0.341 e. The minimum absolute atomic E-state index is 0.741. The highest BCUT2D eigenvalue weighted by Crippen LogP contribution is 2.27. The molecule has 118 valence electrons. The average molecular weight is 290 g/mol. The molecule has 4 heteroatoms. The van der Waals surface area contributed by atoms with E-state index in [1.165, 1.54) is 29.8 Å². The lowest BCUT2D eigenvalue weighted by Gasteiger charge is -2.27. The summed E-state index contributed by atoms with van der Waals surface area (Å²) in [6, 6.07) is 0. The predicted octanol–water partition coefficient (Wildman–Crippen LogP) is 2.74. The highest BCUT2D eigenvalue weighted by molar-refractivity contribution is 5.38. The standard InChI is InChI=1S/C17H30N4/c1-5-10-18-12-14-8-9-16-15(11-14)13(4)19-17(20-16)21(6-2)7-3/h14,18H,5-12H2,1-4H3. The van der Waals surface area contributed by atoms with E-state index in [1.54, 1.807) is 0 Å². The molecule has 0 bridgehead atoms. The number of nitrogens with one attached hydrogen (secondary N) is 1. The van der Waals surface area contributed by atoms with Crippen molar-refractivity contribution in [2.75, 3.05) is 31.1 Å². The van der Waals surface area contributed by atoms with Crippen molar-refractivity contribution in [3.05, 3.63) is 17.0 Å². The van der Waals surface area contributed by atoms with Crippen LogP contribution in [0.25, 0.3) is 0 Å². The van der Waals surface area contributed by atoms with Crippen LogP contribution in [-0.4, -0.2) is 36.1 Å². The maximum Gasteiger partial charge on any atom is 0.225 e. The van der Waals surface area contributed by atoms with E-state index in [0.717, 1.165) is 50.9 Å². The van der Waals surface area contributed by atoms with Crippen LogP contribution in [0.4, 0.5) is 5.95 Å². The van der Waals surface area contributed by atoms with Crippen molar-refractivity contribution in [2.45, 2.75) is 53.4 Å². The highest BCUT2D eigenvalue weighted by atomic mass is 15.2. The van der Waals surface area contributed by atoms with E-state index < -0.39 is 0 Å². The molecule has 4 nitrogen and oxygen atoms in total. The van der Waals surface area contributed by atoms with Gasteiger partial charge in [0.05, 0.1) is 0 Å². The predicted molar refractivity (Wildman–Crippen MR) is 89.0 cm³/mol. The molecule has 1 aliphatic rings. The first-order valence-corrected chi connectivity index (χ1v) is 8.51. The molecule has 0 fully saturated rings. The first-order chi connectivity index (χ1) is 10.2. The minimum Gasteiger partial charge on any atom is -0.341 e. The molecule has 0 saturated heterocycles. The Morgan fingerprint density at radius 3 is 2.62 bits per heavy atom. The molecule has 1 aromatic rings. The Morgan fingerprint density at radius 1 is 1.19 bits per heavy atom. The van der Waals surface area contributed by atoms with Crippen molar-refractivity contribution >= 4 is 5.95 Å². The van der Waals surface area contributed by atoms with E-state index in [2.05, 4.69) is 37.9 Å². The molecule has 21 heavy (non-hydrogen) atoms. The topological polar surface area (TPSA) is 41.1 Å². The van der Waals surface area contributed by atoms with Crippen molar-refractivity contribution in [2.24, 2.45) is 5.92 Å². The van der Waals surface area contributed by atoms with Crippen LogP contribution in [0.1, 0.15) is 50.6 Å². The molecule has 0 saturated carbocycles. The molecule has 1 atom stereocenters. The Kier molecular flexibility index (Phi) is 5.97. The molecule has 0 amide bonds. The van der Waals surface area contributed by atoms with Crippen molar-refractivity contribution < 1.29 is 0 Å². The molecule has 1 aromatic heterocycles. The third-order valence-electron chi connectivity index (χ3n) is 4.48. The van der Waals surface area contributed by atoms with Gasteiger partial charge in [-0.1, -0.05) is 6.92 Å². The second kappa shape index (κ2) is 7.74. The monoisotopic (exact) mass is 290 g/mol. The molecular weight excluding hydrogens is 260 g/mol. The summed E-state index contributed by atoms with van der Waals surface area (Å²) in [7, 11) is 0. The van der Waals surface area contributed by atoms with Crippen LogP contribution in [0, 0.1) is 12.8 Å². The molecule has 1 unspecified atom stereocenters. The van der Waals surface area contributed by atoms with E-state index in [9.17, 15) is 0 Å².